The molecule has 2 aromatic heterocycles. The predicted octanol–water partition coefficient (Wildman–Crippen LogP) is 3.41. The Hall–Kier alpha value is -2.27. The van der Waals surface area contributed by atoms with E-state index in [2.05, 4.69) is 9.97 Å². The summed E-state index contributed by atoms with van der Waals surface area (Å²) in [7, 11) is 0. The molecule has 0 aliphatic carbocycles. The number of hydrogen-bond acceptors (Lipinski definition) is 4. The first kappa shape index (κ1) is 13.7. The van der Waals surface area contributed by atoms with E-state index >= 15 is 0 Å². The first-order valence-electron chi connectivity index (χ1n) is 6.63. The Morgan fingerprint density at radius 2 is 2.05 bits per heavy atom. The number of aryl methyl sites for hydroxylation is 1. The van der Waals surface area contributed by atoms with Crippen LogP contribution < -0.4 is 0 Å². The van der Waals surface area contributed by atoms with Crippen LogP contribution in [-0.2, 0) is 11.2 Å². The topological polar surface area (TPSA) is 63.1 Å². The van der Waals surface area contributed by atoms with Crippen LogP contribution in [0.4, 0.5) is 0 Å². The molecule has 0 radical (unpaired) electrons. The fourth-order valence-corrected chi connectivity index (χ4v) is 3.28. The maximum atomic E-state index is 11.7. The normalized spacial score (nSPS) is 12.4. The van der Waals surface area contributed by atoms with E-state index < -0.39 is 11.9 Å². The van der Waals surface area contributed by atoms with Gasteiger partial charge in [0.25, 0.3) is 0 Å². The molecule has 0 aliphatic heterocycles. The number of hydrogen-bond donors (Lipinski definition) is 1. The Bertz CT molecular complexity index is 783. The van der Waals surface area contributed by atoms with Crippen molar-refractivity contribution >= 4 is 27.5 Å². The van der Waals surface area contributed by atoms with Crippen LogP contribution in [0.25, 0.3) is 10.2 Å². The minimum absolute atomic E-state index is 0.428. The van der Waals surface area contributed by atoms with Gasteiger partial charge in [-0.1, -0.05) is 30.3 Å². The number of carbonyl (C=O) groups is 1. The molecule has 1 N–H and O–H groups in total. The maximum absolute atomic E-state index is 11.7. The summed E-state index contributed by atoms with van der Waals surface area (Å²) in [6, 6.07) is 11.6. The average Bonchev–Trinajstić information content (AvgIpc) is 2.86. The SMILES string of the molecule is Cc1cc2c(C(Cc3ccccc3)C(=O)O)ncnc2s1. The van der Waals surface area contributed by atoms with E-state index in [0.717, 1.165) is 20.7 Å². The lowest BCUT2D eigenvalue weighted by Crippen LogP contribution is -2.16. The van der Waals surface area contributed by atoms with Crippen LogP contribution in [0.1, 0.15) is 22.1 Å². The van der Waals surface area contributed by atoms with Crippen molar-refractivity contribution in [2.75, 3.05) is 0 Å². The fraction of sp³-hybridized carbons (Fsp3) is 0.188. The summed E-state index contributed by atoms with van der Waals surface area (Å²) in [5.41, 5.74) is 1.59. The second kappa shape index (κ2) is 5.61. The van der Waals surface area contributed by atoms with Crippen LogP contribution in [0, 0.1) is 6.92 Å². The molecule has 106 valence electrons. The monoisotopic (exact) mass is 298 g/mol. The smallest absolute Gasteiger partial charge is 0.312 e. The molecule has 0 amide bonds. The fourth-order valence-electron chi connectivity index (χ4n) is 2.42. The zero-order chi connectivity index (χ0) is 14.8. The number of benzene rings is 1. The second-order valence-corrected chi connectivity index (χ2v) is 6.15. The zero-order valence-corrected chi connectivity index (χ0v) is 12.3. The van der Waals surface area contributed by atoms with Crippen molar-refractivity contribution in [3.63, 3.8) is 0 Å². The third-order valence-corrected chi connectivity index (χ3v) is 4.35. The molecule has 0 saturated heterocycles. The van der Waals surface area contributed by atoms with Gasteiger partial charge in [-0.25, -0.2) is 9.97 Å². The molecule has 0 aliphatic rings. The molecule has 2 heterocycles. The van der Waals surface area contributed by atoms with Crippen molar-refractivity contribution in [3.05, 3.63) is 58.9 Å². The molecular formula is C16H14N2O2S. The van der Waals surface area contributed by atoms with Crippen LogP contribution in [-0.4, -0.2) is 21.0 Å². The number of carboxylic acids is 1. The number of rotatable bonds is 4. The minimum atomic E-state index is -0.859. The van der Waals surface area contributed by atoms with Gasteiger partial charge in [0.15, 0.2) is 0 Å². The van der Waals surface area contributed by atoms with Crippen molar-refractivity contribution in [1.29, 1.82) is 0 Å². The molecule has 1 aromatic carbocycles. The first-order valence-corrected chi connectivity index (χ1v) is 7.44. The van der Waals surface area contributed by atoms with E-state index in [9.17, 15) is 9.90 Å². The van der Waals surface area contributed by atoms with E-state index in [-0.39, 0.29) is 0 Å². The van der Waals surface area contributed by atoms with Gasteiger partial charge >= 0.3 is 5.97 Å². The van der Waals surface area contributed by atoms with Gasteiger partial charge in [-0.2, -0.15) is 0 Å². The van der Waals surface area contributed by atoms with Crippen LogP contribution in [0.5, 0.6) is 0 Å². The Balaban J connectivity index is 2.05. The third-order valence-electron chi connectivity index (χ3n) is 3.39. The number of nitrogens with zero attached hydrogens (tertiary/aromatic N) is 2. The van der Waals surface area contributed by atoms with Crippen molar-refractivity contribution < 1.29 is 9.90 Å². The van der Waals surface area contributed by atoms with E-state index in [1.54, 1.807) is 11.3 Å². The summed E-state index contributed by atoms with van der Waals surface area (Å²) in [6.07, 6.45) is 1.88. The number of aromatic nitrogens is 2. The molecule has 0 spiro atoms. The van der Waals surface area contributed by atoms with Gasteiger partial charge in [-0.3, -0.25) is 4.79 Å². The molecule has 4 nitrogen and oxygen atoms in total. The lowest BCUT2D eigenvalue weighted by molar-refractivity contribution is -0.138. The Kier molecular flexibility index (Phi) is 3.66. The average molecular weight is 298 g/mol. The van der Waals surface area contributed by atoms with E-state index in [1.165, 1.54) is 6.33 Å². The van der Waals surface area contributed by atoms with Crippen molar-refractivity contribution in [2.24, 2.45) is 0 Å². The maximum Gasteiger partial charge on any atom is 0.312 e. The number of thiophene rings is 1. The largest absolute Gasteiger partial charge is 0.481 e. The summed E-state index contributed by atoms with van der Waals surface area (Å²) < 4.78 is 0. The summed E-state index contributed by atoms with van der Waals surface area (Å²) in [5.74, 6) is -1.52. The Morgan fingerprint density at radius 1 is 1.29 bits per heavy atom. The lowest BCUT2D eigenvalue weighted by Gasteiger charge is -2.12. The van der Waals surface area contributed by atoms with E-state index in [0.29, 0.717) is 12.1 Å². The highest BCUT2D eigenvalue weighted by Gasteiger charge is 2.24. The summed E-state index contributed by atoms with van der Waals surface area (Å²) in [6.45, 7) is 1.99. The Morgan fingerprint density at radius 3 is 2.76 bits per heavy atom. The molecule has 0 fully saturated rings. The summed E-state index contributed by atoms with van der Waals surface area (Å²) >= 11 is 1.56. The molecule has 0 saturated carbocycles. The number of carboxylic acid groups (broad SMARTS) is 1. The molecule has 0 bridgehead atoms. The molecule has 3 aromatic rings. The quantitative estimate of drug-likeness (QED) is 0.801. The minimum Gasteiger partial charge on any atom is -0.481 e. The molecule has 5 heteroatoms. The molecule has 21 heavy (non-hydrogen) atoms. The highest BCUT2D eigenvalue weighted by molar-refractivity contribution is 7.18. The van der Waals surface area contributed by atoms with Crippen LogP contribution >= 0.6 is 11.3 Å². The van der Waals surface area contributed by atoms with Crippen LogP contribution in [0.3, 0.4) is 0 Å². The number of fused-ring (bicyclic) bond motifs is 1. The van der Waals surface area contributed by atoms with E-state index in [1.807, 2.05) is 43.3 Å². The zero-order valence-electron chi connectivity index (χ0n) is 11.5. The van der Waals surface area contributed by atoms with Gasteiger partial charge in [0.2, 0.25) is 0 Å². The van der Waals surface area contributed by atoms with Crippen LogP contribution in [0.15, 0.2) is 42.7 Å². The first-order chi connectivity index (χ1) is 10.1. The van der Waals surface area contributed by atoms with Crippen LogP contribution in [0.2, 0.25) is 0 Å². The molecule has 1 unspecified atom stereocenters. The van der Waals surface area contributed by atoms with Crippen molar-refractivity contribution in [3.8, 4) is 0 Å². The molecule has 3 rings (SSSR count). The van der Waals surface area contributed by atoms with Gasteiger partial charge < -0.3 is 5.11 Å². The van der Waals surface area contributed by atoms with Crippen molar-refractivity contribution in [1.82, 2.24) is 9.97 Å². The predicted molar refractivity (Wildman–Crippen MR) is 82.7 cm³/mol. The Labute approximate surface area is 126 Å². The van der Waals surface area contributed by atoms with Gasteiger partial charge in [0, 0.05) is 10.3 Å². The highest BCUT2D eigenvalue weighted by atomic mass is 32.1. The third kappa shape index (κ3) is 2.78. The highest BCUT2D eigenvalue weighted by Crippen LogP contribution is 2.30. The second-order valence-electron chi connectivity index (χ2n) is 4.92. The summed E-state index contributed by atoms with van der Waals surface area (Å²) in [5, 5.41) is 10.4. The van der Waals surface area contributed by atoms with Gasteiger partial charge in [-0.15, -0.1) is 11.3 Å². The lowest BCUT2D eigenvalue weighted by atomic mass is 9.94. The van der Waals surface area contributed by atoms with Gasteiger partial charge in [-0.05, 0) is 25.0 Å². The summed E-state index contributed by atoms with van der Waals surface area (Å²) in [4.78, 5) is 22.1. The standard InChI is InChI=1S/C16H14N2O2S/c1-10-7-12-14(17-9-18-15(12)21-10)13(16(19)20)8-11-5-3-2-4-6-11/h2-7,9,13H,8H2,1H3,(H,19,20). The van der Waals surface area contributed by atoms with Gasteiger partial charge in [0.1, 0.15) is 17.1 Å². The van der Waals surface area contributed by atoms with Crippen molar-refractivity contribution in [2.45, 2.75) is 19.3 Å². The molecule has 1 atom stereocenters. The number of aliphatic carboxylic acids is 1. The van der Waals surface area contributed by atoms with Gasteiger partial charge in [0.05, 0.1) is 5.69 Å². The van der Waals surface area contributed by atoms with E-state index in [4.69, 9.17) is 0 Å². The molecular weight excluding hydrogens is 284 g/mol.